The Balaban J connectivity index is 1.63. The molecular weight excluding hydrogens is 522 g/mol. The average Bonchev–Trinajstić information content (AvgIpc) is 3.38. The Morgan fingerprint density at radius 2 is 1.56 bits per heavy atom. The molecular formula is C28H33N3O7S. The Bertz CT molecular complexity index is 1160. The first-order valence-corrected chi connectivity index (χ1v) is 13.8. The lowest BCUT2D eigenvalue weighted by atomic mass is 9.94. The van der Waals surface area contributed by atoms with Crippen molar-refractivity contribution < 1.29 is 33.4 Å². The molecule has 2 N–H and O–H groups in total. The summed E-state index contributed by atoms with van der Waals surface area (Å²) < 4.78 is 10.2. The van der Waals surface area contributed by atoms with Crippen molar-refractivity contribution in [1.29, 1.82) is 0 Å². The van der Waals surface area contributed by atoms with E-state index in [1.807, 2.05) is 30.3 Å². The molecule has 0 radical (unpaired) electrons. The van der Waals surface area contributed by atoms with Crippen molar-refractivity contribution in [2.45, 2.75) is 52.1 Å². The molecule has 3 atom stereocenters. The minimum absolute atomic E-state index is 0.00226. The first kappa shape index (κ1) is 29.7. The summed E-state index contributed by atoms with van der Waals surface area (Å²) in [7, 11) is 0. The normalized spacial score (nSPS) is 16.2. The van der Waals surface area contributed by atoms with E-state index in [1.54, 1.807) is 44.2 Å². The van der Waals surface area contributed by atoms with Gasteiger partial charge in [-0.05, 0) is 38.3 Å². The largest absolute Gasteiger partial charge is 0.457 e. The molecule has 0 aromatic heterocycles. The molecule has 208 valence electrons. The van der Waals surface area contributed by atoms with E-state index >= 15 is 0 Å². The van der Waals surface area contributed by atoms with Gasteiger partial charge in [0.05, 0.1) is 12.0 Å². The van der Waals surface area contributed by atoms with Crippen LogP contribution in [-0.2, 0) is 41.7 Å². The highest BCUT2D eigenvalue weighted by atomic mass is 32.2. The number of nitrogens with zero attached hydrogens (tertiary/aromatic N) is 1. The molecule has 0 aliphatic carbocycles. The van der Waals surface area contributed by atoms with E-state index in [0.717, 1.165) is 5.56 Å². The number of ether oxygens (including phenoxy) is 2. The zero-order chi connectivity index (χ0) is 28.4. The number of benzene rings is 2. The van der Waals surface area contributed by atoms with Crippen LogP contribution >= 0.6 is 11.8 Å². The summed E-state index contributed by atoms with van der Waals surface area (Å²) >= 11 is 1.41. The van der Waals surface area contributed by atoms with Crippen molar-refractivity contribution in [2.24, 2.45) is 5.92 Å². The fourth-order valence-corrected chi connectivity index (χ4v) is 4.96. The fraction of sp³-hybridized carbons (Fsp3) is 0.393. The molecule has 3 rings (SSSR count). The van der Waals surface area contributed by atoms with Crippen LogP contribution < -0.4 is 10.6 Å². The third-order valence-corrected chi connectivity index (χ3v) is 6.86. The van der Waals surface area contributed by atoms with E-state index in [9.17, 15) is 24.0 Å². The van der Waals surface area contributed by atoms with E-state index < -0.39 is 53.9 Å². The van der Waals surface area contributed by atoms with Crippen molar-refractivity contribution in [2.75, 3.05) is 11.6 Å². The molecule has 1 fully saturated rings. The highest BCUT2D eigenvalue weighted by Crippen LogP contribution is 2.21. The summed E-state index contributed by atoms with van der Waals surface area (Å²) in [6.45, 7) is 4.81. The van der Waals surface area contributed by atoms with Crippen molar-refractivity contribution in [3.8, 4) is 0 Å². The Labute approximate surface area is 231 Å². The van der Waals surface area contributed by atoms with Crippen LogP contribution in [0.4, 0.5) is 4.79 Å². The molecule has 10 nitrogen and oxygen atoms in total. The van der Waals surface area contributed by atoms with E-state index in [4.69, 9.17) is 9.47 Å². The second-order valence-corrected chi connectivity index (χ2v) is 10.3. The van der Waals surface area contributed by atoms with Crippen molar-refractivity contribution >= 4 is 41.4 Å². The van der Waals surface area contributed by atoms with Crippen LogP contribution in [0.2, 0.25) is 0 Å². The highest BCUT2D eigenvalue weighted by molar-refractivity contribution is 7.99. The van der Waals surface area contributed by atoms with E-state index in [0.29, 0.717) is 11.3 Å². The maximum absolute atomic E-state index is 13.3. The number of hydrogen-bond donors (Lipinski definition) is 2. The predicted molar refractivity (Wildman–Crippen MR) is 145 cm³/mol. The molecule has 1 saturated heterocycles. The smallest absolute Gasteiger partial charge is 0.408 e. The van der Waals surface area contributed by atoms with Crippen LogP contribution in [0.1, 0.15) is 31.9 Å². The second-order valence-electron chi connectivity index (χ2n) is 9.32. The second kappa shape index (κ2) is 14.3. The minimum Gasteiger partial charge on any atom is -0.457 e. The third-order valence-electron chi connectivity index (χ3n) is 5.85. The van der Waals surface area contributed by atoms with Crippen LogP contribution in [0.25, 0.3) is 0 Å². The number of carbonyl (C=O) groups excluding carboxylic acids is 5. The van der Waals surface area contributed by atoms with E-state index in [2.05, 4.69) is 10.6 Å². The summed E-state index contributed by atoms with van der Waals surface area (Å²) in [4.78, 5) is 65.3. The number of esters is 1. The number of hydrogen-bond acceptors (Lipinski definition) is 8. The Morgan fingerprint density at radius 3 is 2.18 bits per heavy atom. The number of ketones is 1. The van der Waals surface area contributed by atoms with Crippen LogP contribution in [-0.4, -0.2) is 64.5 Å². The number of carbonyl (C=O) groups is 5. The van der Waals surface area contributed by atoms with Crippen molar-refractivity contribution in [3.63, 3.8) is 0 Å². The Morgan fingerprint density at radius 1 is 0.949 bits per heavy atom. The van der Waals surface area contributed by atoms with Gasteiger partial charge in [-0.15, -0.1) is 11.8 Å². The standard InChI is InChI=1S/C28H33N3O7S/c1-18(2)38-27(35)24(32)22(14-20-10-6-4-7-11-20)25(33)30-23-16-39-17-31(23)26(34)19(3)29-28(36)37-15-21-12-8-5-9-13-21/h4-13,18-19,22-23H,14-17H2,1-3H3,(H,29,36)(H,30,33)/t19-,22-,23+/m0/s1. The lowest BCUT2D eigenvalue weighted by Gasteiger charge is -2.28. The minimum atomic E-state index is -1.33. The van der Waals surface area contributed by atoms with Crippen LogP contribution in [0.3, 0.4) is 0 Å². The zero-order valence-corrected chi connectivity index (χ0v) is 22.9. The number of alkyl carbamates (subject to hydrolysis) is 1. The Hall–Kier alpha value is -3.86. The summed E-state index contributed by atoms with van der Waals surface area (Å²) in [5.41, 5.74) is 1.51. The van der Waals surface area contributed by atoms with Gasteiger partial charge in [-0.1, -0.05) is 60.7 Å². The highest BCUT2D eigenvalue weighted by Gasteiger charge is 2.38. The van der Waals surface area contributed by atoms with Gasteiger partial charge in [0.1, 0.15) is 24.7 Å². The van der Waals surface area contributed by atoms with Gasteiger partial charge in [0, 0.05) is 5.75 Å². The lowest BCUT2D eigenvalue weighted by molar-refractivity contribution is -0.160. The summed E-state index contributed by atoms with van der Waals surface area (Å²) in [5.74, 6) is -3.81. The van der Waals surface area contributed by atoms with Gasteiger partial charge in [0.15, 0.2) is 0 Å². The van der Waals surface area contributed by atoms with E-state index in [-0.39, 0.29) is 18.9 Å². The molecule has 11 heteroatoms. The summed E-state index contributed by atoms with van der Waals surface area (Å²) in [5, 5.41) is 5.26. The molecule has 0 spiro atoms. The molecule has 2 aromatic carbocycles. The molecule has 0 unspecified atom stereocenters. The lowest BCUT2D eigenvalue weighted by Crippen LogP contribution is -2.55. The molecule has 39 heavy (non-hydrogen) atoms. The SMILES string of the molecule is CC(C)OC(=O)C(=O)[C@H](Cc1ccccc1)C(=O)N[C@H]1CSCN1C(=O)[C@H](C)NC(=O)OCc1ccccc1. The zero-order valence-electron chi connectivity index (χ0n) is 22.1. The molecule has 1 heterocycles. The van der Waals surface area contributed by atoms with Crippen LogP contribution in [0, 0.1) is 5.92 Å². The molecule has 1 aliphatic heterocycles. The molecule has 2 aromatic rings. The summed E-state index contributed by atoms with van der Waals surface area (Å²) in [6.07, 6.45) is -2.00. The average molecular weight is 556 g/mol. The number of rotatable bonds is 11. The van der Waals surface area contributed by atoms with Gasteiger partial charge < -0.3 is 25.0 Å². The number of nitrogens with one attached hydrogen (secondary N) is 2. The first-order valence-electron chi connectivity index (χ1n) is 12.6. The maximum Gasteiger partial charge on any atom is 0.408 e. The van der Waals surface area contributed by atoms with Crippen molar-refractivity contribution in [1.82, 2.24) is 15.5 Å². The number of Topliss-reactive ketones (excluding diaryl/α,β-unsaturated/α-hetero) is 1. The molecule has 0 saturated carbocycles. The Kier molecular flexibility index (Phi) is 10.9. The van der Waals surface area contributed by atoms with Gasteiger partial charge >= 0.3 is 12.1 Å². The predicted octanol–water partition coefficient (Wildman–Crippen LogP) is 2.66. The van der Waals surface area contributed by atoms with Gasteiger partial charge in [0.2, 0.25) is 11.8 Å². The number of thioether (sulfide) groups is 1. The van der Waals surface area contributed by atoms with Gasteiger partial charge in [-0.3, -0.25) is 14.4 Å². The van der Waals surface area contributed by atoms with E-state index in [1.165, 1.54) is 23.6 Å². The number of amides is 3. The molecule has 3 amide bonds. The van der Waals surface area contributed by atoms with Gasteiger partial charge in [0.25, 0.3) is 5.78 Å². The molecule has 0 bridgehead atoms. The third kappa shape index (κ3) is 8.85. The maximum atomic E-state index is 13.3. The van der Waals surface area contributed by atoms with Crippen LogP contribution in [0.5, 0.6) is 0 Å². The topological polar surface area (TPSA) is 131 Å². The molecule has 1 aliphatic rings. The first-order chi connectivity index (χ1) is 18.7. The van der Waals surface area contributed by atoms with Gasteiger partial charge in [-0.2, -0.15) is 0 Å². The van der Waals surface area contributed by atoms with Crippen LogP contribution in [0.15, 0.2) is 60.7 Å². The van der Waals surface area contributed by atoms with Crippen molar-refractivity contribution in [3.05, 3.63) is 71.8 Å². The fourth-order valence-electron chi connectivity index (χ4n) is 3.86. The van der Waals surface area contributed by atoms with Gasteiger partial charge in [-0.25, -0.2) is 9.59 Å². The summed E-state index contributed by atoms with van der Waals surface area (Å²) in [6, 6.07) is 17.1. The monoisotopic (exact) mass is 555 g/mol. The quantitative estimate of drug-likeness (QED) is 0.246.